The zero-order valence-corrected chi connectivity index (χ0v) is 11.4. The van der Waals surface area contributed by atoms with Gasteiger partial charge in [-0.05, 0) is 19.1 Å². The molecule has 0 atom stereocenters. The fraction of sp³-hybridized carbons (Fsp3) is 0.231. The van der Waals surface area contributed by atoms with Gasteiger partial charge in [-0.3, -0.25) is 0 Å². The molecule has 1 aromatic rings. The number of para-hydroxylation sites is 1. The lowest BCUT2D eigenvalue weighted by Gasteiger charge is -2.08. The molecule has 1 N–H and O–H groups in total. The largest absolute Gasteiger partial charge is 0.462 e. The number of nitrogens with one attached hydrogen (secondary N) is 1. The number of ether oxygens (including phenoxy) is 1. The van der Waals surface area contributed by atoms with Crippen LogP contribution in [-0.4, -0.2) is 18.3 Å². The number of carbonyl (C=O) groups excluding carboxylic acids is 1. The quantitative estimate of drug-likeness (QED) is 0.377. The van der Waals surface area contributed by atoms with Crippen molar-refractivity contribution in [3.8, 4) is 6.07 Å². The Morgan fingerprint density at radius 1 is 1.55 bits per heavy atom. The van der Waals surface area contributed by atoms with Gasteiger partial charge in [0.1, 0.15) is 6.07 Å². The van der Waals surface area contributed by atoms with Crippen LogP contribution in [0.25, 0.3) is 0 Å². The highest BCUT2D eigenvalue weighted by Crippen LogP contribution is 2.31. The van der Waals surface area contributed by atoms with Crippen molar-refractivity contribution < 1.29 is 18.3 Å². The monoisotopic (exact) mass is 298 g/mol. The van der Waals surface area contributed by atoms with Gasteiger partial charge >= 0.3 is 5.97 Å². The first-order chi connectivity index (χ1) is 9.58. The van der Waals surface area contributed by atoms with E-state index in [9.17, 15) is 13.6 Å². The highest BCUT2D eigenvalue weighted by Gasteiger charge is 2.11. The Bertz CT molecular complexity index is 541. The fourth-order valence-electron chi connectivity index (χ4n) is 1.28. The summed E-state index contributed by atoms with van der Waals surface area (Å²) in [7, 11) is 0. The molecule has 0 bridgehead atoms. The molecule has 4 nitrogen and oxygen atoms in total. The number of nitriles is 1. The summed E-state index contributed by atoms with van der Waals surface area (Å²) < 4.78 is 29.5. The third kappa shape index (κ3) is 4.90. The van der Waals surface area contributed by atoms with Crippen molar-refractivity contribution in [1.29, 1.82) is 5.26 Å². The van der Waals surface area contributed by atoms with E-state index in [-0.39, 0.29) is 12.2 Å². The van der Waals surface area contributed by atoms with Gasteiger partial charge in [0.2, 0.25) is 0 Å². The number of hydrogen-bond acceptors (Lipinski definition) is 5. The topological polar surface area (TPSA) is 62.1 Å². The van der Waals surface area contributed by atoms with Crippen molar-refractivity contribution in [2.24, 2.45) is 0 Å². The molecule has 0 aromatic heterocycles. The van der Waals surface area contributed by atoms with Crippen LogP contribution >= 0.6 is 11.8 Å². The second-order valence-corrected chi connectivity index (χ2v) is 4.44. The Morgan fingerprint density at radius 3 is 2.85 bits per heavy atom. The van der Waals surface area contributed by atoms with Crippen LogP contribution in [0.3, 0.4) is 0 Å². The van der Waals surface area contributed by atoms with Crippen LogP contribution in [0.2, 0.25) is 0 Å². The van der Waals surface area contributed by atoms with Crippen molar-refractivity contribution in [2.75, 3.05) is 11.9 Å². The molecule has 106 valence electrons. The predicted molar refractivity (Wildman–Crippen MR) is 72.3 cm³/mol. The van der Waals surface area contributed by atoms with Gasteiger partial charge in [0.25, 0.3) is 5.76 Å². The van der Waals surface area contributed by atoms with Crippen molar-refractivity contribution in [3.05, 3.63) is 36.0 Å². The number of anilines is 1. The molecule has 1 rings (SSSR count). The van der Waals surface area contributed by atoms with Crippen LogP contribution in [0.1, 0.15) is 6.92 Å². The van der Waals surface area contributed by atoms with E-state index in [0.29, 0.717) is 22.3 Å². The number of thioether (sulfide) groups is 1. The zero-order chi connectivity index (χ0) is 15.0. The molecule has 0 aliphatic heterocycles. The zero-order valence-electron chi connectivity index (χ0n) is 10.6. The lowest BCUT2D eigenvalue weighted by atomic mass is 10.3. The molecule has 0 saturated heterocycles. The number of alkyl halides is 2. The Morgan fingerprint density at radius 2 is 2.25 bits per heavy atom. The Kier molecular flexibility index (Phi) is 6.53. The first-order valence-corrected chi connectivity index (χ1v) is 6.54. The van der Waals surface area contributed by atoms with Crippen LogP contribution in [0.5, 0.6) is 0 Å². The summed E-state index contributed by atoms with van der Waals surface area (Å²) >= 11 is 0.379. The number of halogens is 2. The van der Waals surface area contributed by atoms with Crippen molar-refractivity contribution in [2.45, 2.75) is 17.6 Å². The molecule has 0 amide bonds. The minimum Gasteiger partial charge on any atom is -0.462 e. The summed E-state index contributed by atoms with van der Waals surface area (Å²) in [5.41, 5.74) is 0.151. The first-order valence-electron chi connectivity index (χ1n) is 5.66. The lowest BCUT2D eigenvalue weighted by Crippen LogP contribution is -2.08. The summed E-state index contributed by atoms with van der Waals surface area (Å²) in [4.78, 5) is 11.7. The molecule has 0 aliphatic rings. The highest BCUT2D eigenvalue weighted by molar-refractivity contribution is 7.99. The van der Waals surface area contributed by atoms with E-state index in [4.69, 9.17) is 5.26 Å². The van der Waals surface area contributed by atoms with E-state index in [1.165, 1.54) is 6.07 Å². The highest BCUT2D eigenvalue weighted by atomic mass is 32.2. The van der Waals surface area contributed by atoms with E-state index in [1.807, 2.05) is 0 Å². The van der Waals surface area contributed by atoms with Crippen LogP contribution in [-0.2, 0) is 9.53 Å². The van der Waals surface area contributed by atoms with Crippen molar-refractivity contribution in [3.63, 3.8) is 0 Å². The molecule has 0 fully saturated rings. The minimum atomic E-state index is -2.55. The van der Waals surface area contributed by atoms with Crippen LogP contribution in [0.15, 0.2) is 40.9 Å². The number of benzene rings is 1. The Hall–Kier alpha value is -2.07. The van der Waals surface area contributed by atoms with Gasteiger partial charge in [0.15, 0.2) is 5.57 Å². The molecule has 7 heteroatoms. The molecule has 0 unspecified atom stereocenters. The van der Waals surface area contributed by atoms with Crippen LogP contribution < -0.4 is 5.32 Å². The average molecular weight is 298 g/mol. The number of rotatable bonds is 6. The second-order valence-electron chi connectivity index (χ2n) is 3.41. The standard InChI is InChI=1S/C13H12F2N2O2S/c1-2-19-12(18)9(7-16)8-17-10-5-3-4-6-11(10)20-13(14)15/h3-6,8,13,17H,2H2,1H3/b9-8+. The van der Waals surface area contributed by atoms with Gasteiger partial charge < -0.3 is 10.1 Å². The Balaban J connectivity index is 2.87. The van der Waals surface area contributed by atoms with Crippen LogP contribution in [0.4, 0.5) is 14.5 Å². The van der Waals surface area contributed by atoms with Gasteiger partial charge in [0, 0.05) is 11.1 Å². The summed E-state index contributed by atoms with van der Waals surface area (Å²) in [6.07, 6.45) is 1.14. The number of nitrogens with zero attached hydrogens (tertiary/aromatic N) is 1. The third-order valence-corrected chi connectivity index (χ3v) is 2.88. The van der Waals surface area contributed by atoms with Crippen LogP contribution in [0, 0.1) is 11.3 Å². The molecule has 0 saturated carbocycles. The molecule has 1 aromatic carbocycles. The SMILES string of the molecule is CCOC(=O)/C(C#N)=C/Nc1ccccc1SC(F)F. The first kappa shape index (κ1) is 16.0. The molecule has 0 heterocycles. The normalized spacial score (nSPS) is 11.1. The summed E-state index contributed by atoms with van der Waals surface area (Å²) in [5, 5.41) is 11.5. The van der Waals surface area contributed by atoms with E-state index >= 15 is 0 Å². The van der Waals surface area contributed by atoms with E-state index in [1.54, 1.807) is 31.2 Å². The summed E-state index contributed by atoms with van der Waals surface area (Å²) in [5.74, 6) is -3.32. The molecule has 20 heavy (non-hydrogen) atoms. The number of esters is 1. The average Bonchev–Trinajstić information content (AvgIpc) is 2.41. The van der Waals surface area contributed by atoms with Gasteiger partial charge in [-0.25, -0.2) is 4.79 Å². The van der Waals surface area contributed by atoms with Gasteiger partial charge in [0.05, 0.1) is 12.3 Å². The van der Waals surface area contributed by atoms with Crippen molar-refractivity contribution >= 4 is 23.4 Å². The second kappa shape index (κ2) is 8.17. The molecule has 0 aliphatic carbocycles. The maximum atomic E-state index is 12.4. The van der Waals surface area contributed by atoms with Gasteiger partial charge in [-0.15, -0.1) is 0 Å². The molecule has 0 radical (unpaired) electrons. The van der Waals surface area contributed by atoms with E-state index < -0.39 is 11.7 Å². The summed E-state index contributed by atoms with van der Waals surface area (Å²) in [6.45, 7) is 1.77. The molecular weight excluding hydrogens is 286 g/mol. The number of hydrogen-bond donors (Lipinski definition) is 1. The van der Waals surface area contributed by atoms with Crippen molar-refractivity contribution in [1.82, 2.24) is 0 Å². The van der Waals surface area contributed by atoms with Gasteiger partial charge in [-0.2, -0.15) is 14.0 Å². The maximum Gasteiger partial charge on any atom is 0.350 e. The third-order valence-electron chi connectivity index (χ3n) is 2.09. The molecular formula is C13H12F2N2O2S. The number of carbonyl (C=O) groups is 1. The van der Waals surface area contributed by atoms with Gasteiger partial charge in [-0.1, -0.05) is 23.9 Å². The minimum absolute atomic E-state index is 0.148. The smallest absolute Gasteiger partial charge is 0.350 e. The Labute approximate surface area is 119 Å². The fourth-order valence-corrected chi connectivity index (χ4v) is 1.88. The maximum absolute atomic E-state index is 12.4. The predicted octanol–water partition coefficient (Wildman–Crippen LogP) is 3.38. The van der Waals surface area contributed by atoms with E-state index in [2.05, 4.69) is 10.1 Å². The summed E-state index contributed by atoms with van der Waals surface area (Å²) in [6, 6.07) is 8.05. The van der Waals surface area contributed by atoms with E-state index in [0.717, 1.165) is 6.20 Å². The lowest BCUT2D eigenvalue weighted by molar-refractivity contribution is -0.138. The molecule has 0 spiro atoms.